The number of aliphatic hydroxyl groups is 1. The lowest BCUT2D eigenvalue weighted by atomic mass is 9.99. The van der Waals surface area contributed by atoms with Gasteiger partial charge in [-0.25, -0.2) is 4.79 Å². The van der Waals surface area contributed by atoms with Gasteiger partial charge in [-0.2, -0.15) is 0 Å². The molecule has 0 aliphatic heterocycles. The number of nitrogens with two attached hydrogens (primary N) is 1. The van der Waals surface area contributed by atoms with Crippen molar-refractivity contribution in [2.45, 2.75) is 77.6 Å². The van der Waals surface area contributed by atoms with E-state index in [-0.39, 0.29) is 25.1 Å². The van der Waals surface area contributed by atoms with Gasteiger partial charge in [0.2, 0.25) is 17.7 Å². The summed E-state index contributed by atoms with van der Waals surface area (Å²) in [6, 6.07) is 3.31. The second kappa shape index (κ2) is 12.4. The molecule has 11 heteroatoms. The number of amides is 4. The van der Waals surface area contributed by atoms with Gasteiger partial charge in [0.15, 0.2) is 0 Å². The van der Waals surface area contributed by atoms with E-state index in [1.807, 2.05) is 0 Å². The van der Waals surface area contributed by atoms with Gasteiger partial charge in [-0.05, 0) is 65.7 Å². The van der Waals surface area contributed by atoms with Crippen molar-refractivity contribution in [1.29, 1.82) is 0 Å². The first-order chi connectivity index (χ1) is 16.0. The van der Waals surface area contributed by atoms with Crippen molar-refractivity contribution in [2.24, 2.45) is 5.73 Å². The molecule has 2 atom stereocenters. The minimum absolute atomic E-state index is 0.121. The quantitative estimate of drug-likeness (QED) is 0.326. The van der Waals surface area contributed by atoms with Crippen molar-refractivity contribution in [3.63, 3.8) is 0 Å². The molecule has 0 spiro atoms. The molecule has 0 aliphatic carbocycles. The van der Waals surface area contributed by atoms with E-state index < -0.39 is 53.6 Å². The highest BCUT2D eigenvalue weighted by Crippen LogP contribution is 2.26. The van der Waals surface area contributed by atoms with Gasteiger partial charge in [0.05, 0.1) is 6.61 Å². The molecule has 0 saturated carbocycles. The maximum absolute atomic E-state index is 13.7. The topological polar surface area (TPSA) is 171 Å². The third-order valence-corrected chi connectivity index (χ3v) is 4.54. The lowest BCUT2D eigenvalue weighted by Gasteiger charge is -2.35. The van der Waals surface area contributed by atoms with Crippen LogP contribution in [0, 0.1) is 0 Å². The smallest absolute Gasteiger partial charge is 0.408 e. The molecule has 1 aromatic carbocycles. The molecule has 196 valence electrons. The van der Waals surface area contributed by atoms with Crippen LogP contribution in [0.2, 0.25) is 0 Å². The highest BCUT2D eigenvalue weighted by Gasteiger charge is 2.37. The molecular formula is C24H38N4O7. The molecule has 2 unspecified atom stereocenters. The summed E-state index contributed by atoms with van der Waals surface area (Å²) in [5, 5.41) is 25.0. The zero-order valence-electron chi connectivity index (χ0n) is 21.3. The van der Waals surface area contributed by atoms with Crippen LogP contribution in [0.3, 0.4) is 0 Å². The van der Waals surface area contributed by atoms with Gasteiger partial charge in [0, 0.05) is 18.5 Å². The largest absolute Gasteiger partial charge is 0.508 e. The predicted molar refractivity (Wildman–Crippen MR) is 129 cm³/mol. The van der Waals surface area contributed by atoms with E-state index in [1.165, 1.54) is 18.2 Å². The lowest BCUT2D eigenvalue weighted by molar-refractivity contribution is -0.143. The summed E-state index contributed by atoms with van der Waals surface area (Å²) in [6.45, 7) is 9.50. The Morgan fingerprint density at radius 2 is 1.74 bits per heavy atom. The average Bonchev–Trinajstić information content (AvgIpc) is 2.67. The van der Waals surface area contributed by atoms with Crippen LogP contribution in [0.25, 0.3) is 0 Å². The van der Waals surface area contributed by atoms with Crippen LogP contribution in [0.1, 0.15) is 66.0 Å². The van der Waals surface area contributed by atoms with Gasteiger partial charge in [-0.3, -0.25) is 14.4 Å². The molecule has 0 heterocycles. The first kappa shape index (κ1) is 29.7. The van der Waals surface area contributed by atoms with E-state index in [0.717, 1.165) is 4.90 Å². The number of nitrogens with zero attached hydrogens (tertiary/aromatic N) is 1. The first-order valence-corrected chi connectivity index (χ1v) is 11.3. The normalized spacial score (nSPS) is 13.3. The Labute approximate surface area is 206 Å². The number of benzene rings is 1. The fourth-order valence-corrected chi connectivity index (χ4v) is 3.27. The SMILES string of the molecule is CC(C)(C)NC(=O)C(c1cccc(O)c1)N(CCO)C(=O)C(CCC(N)=O)NC(=O)OC(C)(C)C. The van der Waals surface area contributed by atoms with Gasteiger partial charge < -0.3 is 36.2 Å². The zero-order chi connectivity index (χ0) is 27.0. The molecule has 11 nitrogen and oxygen atoms in total. The van der Waals surface area contributed by atoms with Crippen LogP contribution in [0.15, 0.2) is 24.3 Å². The zero-order valence-corrected chi connectivity index (χ0v) is 21.3. The summed E-state index contributed by atoms with van der Waals surface area (Å²) in [6.07, 6.45) is -1.26. The van der Waals surface area contributed by atoms with E-state index in [9.17, 15) is 29.4 Å². The number of primary amides is 1. The van der Waals surface area contributed by atoms with Gasteiger partial charge in [-0.1, -0.05) is 12.1 Å². The maximum Gasteiger partial charge on any atom is 0.408 e. The second-order valence-corrected chi connectivity index (χ2v) is 10.2. The van der Waals surface area contributed by atoms with Crippen LogP contribution < -0.4 is 16.4 Å². The molecule has 1 rings (SSSR count). The number of nitrogens with one attached hydrogen (secondary N) is 2. The second-order valence-electron chi connectivity index (χ2n) is 10.2. The van der Waals surface area contributed by atoms with Crippen LogP contribution in [0.4, 0.5) is 4.79 Å². The summed E-state index contributed by atoms with van der Waals surface area (Å²) < 4.78 is 5.24. The number of carbonyl (C=O) groups excluding carboxylic acids is 4. The van der Waals surface area contributed by atoms with Crippen molar-refractivity contribution in [3.8, 4) is 5.75 Å². The molecule has 1 aromatic rings. The molecule has 35 heavy (non-hydrogen) atoms. The highest BCUT2D eigenvalue weighted by atomic mass is 16.6. The summed E-state index contributed by atoms with van der Waals surface area (Å²) >= 11 is 0. The Morgan fingerprint density at radius 1 is 1.11 bits per heavy atom. The van der Waals surface area contributed by atoms with E-state index in [1.54, 1.807) is 47.6 Å². The fourth-order valence-electron chi connectivity index (χ4n) is 3.27. The van der Waals surface area contributed by atoms with Gasteiger partial charge in [-0.15, -0.1) is 0 Å². The van der Waals surface area contributed by atoms with Crippen LogP contribution in [-0.4, -0.2) is 69.3 Å². The Balaban J connectivity index is 3.46. The van der Waals surface area contributed by atoms with Crippen LogP contribution in [-0.2, 0) is 19.1 Å². The molecule has 4 amide bonds. The summed E-state index contributed by atoms with van der Waals surface area (Å²) in [4.78, 5) is 51.9. The van der Waals surface area contributed by atoms with E-state index >= 15 is 0 Å². The molecule has 6 N–H and O–H groups in total. The molecular weight excluding hydrogens is 456 g/mol. The molecule has 0 aliphatic rings. The number of aliphatic hydroxyl groups excluding tert-OH is 1. The summed E-state index contributed by atoms with van der Waals surface area (Å²) in [5.74, 6) is -2.10. The number of phenolic OH excluding ortho intramolecular Hbond substituents is 1. The summed E-state index contributed by atoms with van der Waals surface area (Å²) in [7, 11) is 0. The van der Waals surface area contributed by atoms with Crippen molar-refractivity contribution in [2.75, 3.05) is 13.2 Å². The lowest BCUT2D eigenvalue weighted by Crippen LogP contribution is -2.55. The maximum atomic E-state index is 13.7. The van der Waals surface area contributed by atoms with Crippen molar-refractivity contribution >= 4 is 23.8 Å². The number of carbonyl (C=O) groups is 4. The van der Waals surface area contributed by atoms with Crippen molar-refractivity contribution < 1.29 is 34.1 Å². The molecule has 0 saturated heterocycles. The molecule has 0 aromatic heterocycles. The number of hydrogen-bond donors (Lipinski definition) is 5. The Hall–Kier alpha value is -3.34. The Bertz CT molecular complexity index is 906. The minimum Gasteiger partial charge on any atom is -0.508 e. The van der Waals surface area contributed by atoms with Crippen molar-refractivity contribution in [3.05, 3.63) is 29.8 Å². The average molecular weight is 495 g/mol. The number of ether oxygens (including phenoxy) is 1. The highest BCUT2D eigenvalue weighted by molar-refractivity contribution is 5.92. The number of phenols is 1. The fraction of sp³-hybridized carbons (Fsp3) is 0.583. The van der Waals surface area contributed by atoms with Crippen LogP contribution in [0.5, 0.6) is 5.75 Å². The molecule has 0 fully saturated rings. The van der Waals surface area contributed by atoms with Gasteiger partial charge in [0.25, 0.3) is 0 Å². The standard InChI is InChI=1S/C24H38N4O7/c1-23(2,3)27-20(32)19(15-8-7-9-16(30)14-15)28(12-13-29)21(33)17(10-11-18(25)31)26-22(34)35-24(4,5)6/h7-9,14,17,19,29-30H,10-13H2,1-6H3,(H2,25,31)(H,26,34)(H,27,32). The number of aromatic hydroxyl groups is 1. The van der Waals surface area contributed by atoms with E-state index in [0.29, 0.717) is 5.56 Å². The Morgan fingerprint density at radius 3 is 2.23 bits per heavy atom. The summed E-state index contributed by atoms with van der Waals surface area (Å²) in [5.41, 5.74) is 4.05. The Kier molecular flexibility index (Phi) is 10.5. The van der Waals surface area contributed by atoms with Crippen molar-refractivity contribution in [1.82, 2.24) is 15.5 Å². The first-order valence-electron chi connectivity index (χ1n) is 11.3. The monoisotopic (exact) mass is 494 g/mol. The van der Waals surface area contributed by atoms with E-state index in [4.69, 9.17) is 10.5 Å². The van der Waals surface area contributed by atoms with Gasteiger partial charge >= 0.3 is 6.09 Å². The third-order valence-electron chi connectivity index (χ3n) is 4.54. The van der Waals surface area contributed by atoms with Crippen LogP contribution >= 0.6 is 0 Å². The number of alkyl carbamates (subject to hydrolysis) is 1. The third kappa shape index (κ3) is 10.6. The minimum atomic E-state index is -1.27. The van der Waals surface area contributed by atoms with Gasteiger partial charge in [0.1, 0.15) is 23.4 Å². The number of hydrogen-bond acceptors (Lipinski definition) is 7. The number of rotatable bonds is 10. The molecule has 0 bridgehead atoms. The predicted octanol–water partition coefficient (Wildman–Crippen LogP) is 1.33. The van der Waals surface area contributed by atoms with E-state index in [2.05, 4.69) is 10.6 Å². The molecule has 0 radical (unpaired) electrons.